The molecule has 0 saturated carbocycles. The van der Waals surface area contributed by atoms with Crippen LogP contribution in [0.2, 0.25) is 0 Å². The van der Waals surface area contributed by atoms with Crippen molar-refractivity contribution in [2.45, 2.75) is 57.0 Å². The molecule has 3 unspecified atom stereocenters. The summed E-state index contributed by atoms with van der Waals surface area (Å²) in [5, 5.41) is 14.5. The Morgan fingerprint density at radius 1 is 1.43 bits per heavy atom. The zero-order valence-electron chi connectivity index (χ0n) is 13.9. The van der Waals surface area contributed by atoms with E-state index in [4.69, 9.17) is 4.74 Å². The van der Waals surface area contributed by atoms with Crippen molar-refractivity contribution in [3.63, 3.8) is 0 Å². The lowest BCUT2D eigenvalue weighted by atomic mass is 9.59. The molecule has 126 valence electrons. The maximum atomic E-state index is 10.9. The van der Waals surface area contributed by atoms with Gasteiger partial charge in [0.25, 0.3) is 0 Å². The molecule has 0 amide bonds. The summed E-state index contributed by atoms with van der Waals surface area (Å²) in [6, 6.07) is 2.51. The van der Waals surface area contributed by atoms with Crippen LogP contribution in [0.5, 0.6) is 11.5 Å². The fourth-order valence-corrected chi connectivity index (χ4v) is 5.37. The van der Waals surface area contributed by atoms with E-state index in [1.54, 1.807) is 7.11 Å². The number of phenolic OH excluding ortho intramolecular Hbond substituents is 1. The molecule has 1 fully saturated rings. The summed E-state index contributed by atoms with van der Waals surface area (Å²) in [4.78, 5) is 10.9. The lowest BCUT2D eigenvalue weighted by Crippen LogP contribution is -2.41. The molecule has 2 N–H and O–H groups in total. The van der Waals surface area contributed by atoms with E-state index in [1.807, 2.05) is 6.07 Å². The number of nitrogens with one attached hydrogen (secondary N) is 1. The Kier molecular flexibility index (Phi) is 4.45. The Morgan fingerprint density at radius 2 is 2.13 bits per heavy atom. The summed E-state index contributed by atoms with van der Waals surface area (Å²) in [7, 11) is 1.58. The van der Waals surface area contributed by atoms with Gasteiger partial charge >= 0.3 is 0 Å². The third kappa shape index (κ3) is 2.31. The molecule has 0 aromatic heterocycles. The van der Waals surface area contributed by atoms with E-state index >= 15 is 0 Å². The van der Waals surface area contributed by atoms with Crippen molar-refractivity contribution in [2.24, 2.45) is 5.92 Å². The van der Waals surface area contributed by atoms with Crippen molar-refractivity contribution in [3.05, 3.63) is 21.7 Å². The van der Waals surface area contributed by atoms with Crippen LogP contribution in [0.15, 0.2) is 10.5 Å². The van der Waals surface area contributed by atoms with E-state index in [9.17, 15) is 9.90 Å². The molecule has 0 bridgehead atoms. The highest BCUT2D eigenvalue weighted by molar-refractivity contribution is 9.10. The summed E-state index contributed by atoms with van der Waals surface area (Å²) in [6.07, 6.45) is 4.28. The Labute approximate surface area is 145 Å². The second-order valence-corrected chi connectivity index (χ2v) is 7.44. The molecular formula is C18H24BrNO3. The standard InChI is InChI=1S/C18H24BrNO3/c1-4-18(5-2)10(7-6-8-21)15-16(20-15)13-11(19)9-12(23-3)17(22)14(13)18/h8-10,15-16,20,22H,4-7H2,1-3H3. The summed E-state index contributed by atoms with van der Waals surface area (Å²) in [5.74, 6) is 1.12. The molecule has 1 aromatic rings. The van der Waals surface area contributed by atoms with Gasteiger partial charge in [-0.1, -0.05) is 29.8 Å². The molecule has 3 rings (SSSR count). The average molecular weight is 382 g/mol. The molecule has 1 aromatic carbocycles. The molecule has 5 heteroatoms. The number of carbonyl (C=O) groups is 1. The van der Waals surface area contributed by atoms with Gasteiger partial charge in [-0.05, 0) is 36.8 Å². The van der Waals surface area contributed by atoms with E-state index in [-0.39, 0.29) is 17.2 Å². The lowest BCUT2D eigenvalue weighted by molar-refractivity contribution is -0.108. The predicted octanol–water partition coefficient (Wildman–Crippen LogP) is 3.84. The van der Waals surface area contributed by atoms with Crippen molar-refractivity contribution < 1.29 is 14.6 Å². The molecule has 1 saturated heterocycles. The summed E-state index contributed by atoms with van der Waals surface area (Å²) >= 11 is 3.67. The smallest absolute Gasteiger partial charge is 0.161 e. The third-order valence-corrected chi connectivity index (χ3v) is 6.56. The first-order valence-electron chi connectivity index (χ1n) is 8.35. The minimum atomic E-state index is -0.135. The van der Waals surface area contributed by atoms with Gasteiger partial charge < -0.3 is 20.0 Å². The predicted molar refractivity (Wildman–Crippen MR) is 93.1 cm³/mol. The van der Waals surface area contributed by atoms with E-state index < -0.39 is 0 Å². The molecule has 3 atom stereocenters. The Morgan fingerprint density at radius 3 is 2.70 bits per heavy atom. The Hall–Kier alpha value is -1.07. The van der Waals surface area contributed by atoms with E-state index in [0.29, 0.717) is 24.1 Å². The van der Waals surface area contributed by atoms with Gasteiger partial charge in [0.15, 0.2) is 11.5 Å². The highest BCUT2D eigenvalue weighted by atomic mass is 79.9. The number of hydrogen-bond acceptors (Lipinski definition) is 4. The van der Waals surface area contributed by atoms with Gasteiger partial charge in [0.1, 0.15) is 6.29 Å². The van der Waals surface area contributed by atoms with E-state index in [0.717, 1.165) is 35.6 Å². The van der Waals surface area contributed by atoms with Crippen LogP contribution in [-0.4, -0.2) is 24.5 Å². The number of carbonyl (C=O) groups excluding carboxylic acids is 1. The topological polar surface area (TPSA) is 68.5 Å². The van der Waals surface area contributed by atoms with Gasteiger partial charge in [-0.2, -0.15) is 0 Å². The minimum Gasteiger partial charge on any atom is -0.504 e. The highest BCUT2D eigenvalue weighted by Crippen LogP contribution is 2.61. The fraction of sp³-hybridized carbons (Fsp3) is 0.611. The first kappa shape index (κ1) is 16.8. The third-order valence-electron chi connectivity index (χ3n) is 5.91. The van der Waals surface area contributed by atoms with Crippen LogP contribution in [0.3, 0.4) is 0 Å². The zero-order valence-corrected chi connectivity index (χ0v) is 15.4. The zero-order chi connectivity index (χ0) is 16.8. The largest absolute Gasteiger partial charge is 0.504 e. The number of rotatable bonds is 6. The molecule has 23 heavy (non-hydrogen) atoms. The second kappa shape index (κ2) is 6.10. The summed E-state index contributed by atoms with van der Waals surface area (Å²) in [6.45, 7) is 4.35. The Bertz CT molecular complexity index is 627. The number of benzene rings is 1. The van der Waals surface area contributed by atoms with E-state index in [2.05, 4.69) is 35.1 Å². The number of aromatic hydroxyl groups is 1. The quantitative estimate of drug-likeness (QED) is 0.580. The SMILES string of the molecule is CCC1(CC)c2c(O)c(OC)cc(Br)c2C2NC2C1CCC=O. The number of ether oxygens (including phenoxy) is 1. The summed E-state index contributed by atoms with van der Waals surface area (Å²) in [5.41, 5.74) is 2.04. The first-order valence-corrected chi connectivity index (χ1v) is 9.14. The van der Waals surface area contributed by atoms with Crippen molar-refractivity contribution in [3.8, 4) is 11.5 Å². The molecule has 1 heterocycles. The molecule has 1 aliphatic heterocycles. The second-order valence-electron chi connectivity index (χ2n) is 6.58. The number of halogens is 1. The Balaban J connectivity index is 2.22. The van der Waals surface area contributed by atoms with Gasteiger partial charge in [0.2, 0.25) is 0 Å². The molecule has 2 aliphatic rings. The first-order chi connectivity index (χ1) is 11.1. The van der Waals surface area contributed by atoms with Crippen LogP contribution in [0.4, 0.5) is 0 Å². The van der Waals surface area contributed by atoms with Crippen LogP contribution >= 0.6 is 15.9 Å². The van der Waals surface area contributed by atoms with Gasteiger partial charge in [-0.25, -0.2) is 0 Å². The van der Waals surface area contributed by atoms with Crippen molar-refractivity contribution >= 4 is 22.2 Å². The fourth-order valence-electron chi connectivity index (χ4n) is 4.72. The van der Waals surface area contributed by atoms with E-state index in [1.165, 1.54) is 5.56 Å². The number of phenols is 1. The van der Waals surface area contributed by atoms with Crippen LogP contribution in [0.1, 0.15) is 56.7 Å². The minimum absolute atomic E-state index is 0.135. The van der Waals surface area contributed by atoms with Gasteiger partial charge in [-0.3, -0.25) is 0 Å². The van der Waals surface area contributed by atoms with Gasteiger partial charge in [-0.15, -0.1) is 0 Å². The van der Waals surface area contributed by atoms with Gasteiger partial charge in [0.05, 0.1) is 7.11 Å². The molecule has 1 aliphatic carbocycles. The highest BCUT2D eigenvalue weighted by Gasteiger charge is 2.59. The lowest BCUT2D eigenvalue weighted by Gasteiger charge is -2.44. The monoisotopic (exact) mass is 381 g/mol. The number of methoxy groups -OCH3 is 1. The van der Waals surface area contributed by atoms with Crippen LogP contribution in [-0.2, 0) is 10.2 Å². The number of hydrogen-bond donors (Lipinski definition) is 2. The molecular weight excluding hydrogens is 358 g/mol. The molecule has 0 radical (unpaired) electrons. The van der Waals surface area contributed by atoms with Crippen LogP contribution in [0, 0.1) is 5.92 Å². The molecule has 4 nitrogen and oxygen atoms in total. The summed E-state index contributed by atoms with van der Waals surface area (Å²) < 4.78 is 6.37. The van der Waals surface area contributed by atoms with Crippen molar-refractivity contribution in [2.75, 3.05) is 7.11 Å². The number of fused-ring (bicyclic) bond motifs is 3. The molecule has 0 spiro atoms. The maximum Gasteiger partial charge on any atom is 0.161 e. The van der Waals surface area contributed by atoms with Crippen molar-refractivity contribution in [1.29, 1.82) is 0 Å². The number of aldehydes is 1. The average Bonchev–Trinajstić information content (AvgIpc) is 3.34. The van der Waals surface area contributed by atoms with Crippen LogP contribution < -0.4 is 10.1 Å². The van der Waals surface area contributed by atoms with Crippen LogP contribution in [0.25, 0.3) is 0 Å². The normalized spacial score (nSPS) is 27.0. The van der Waals surface area contributed by atoms with Gasteiger partial charge in [0, 0.05) is 34.0 Å². The van der Waals surface area contributed by atoms with Crippen molar-refractivity contribution in [1.82, 2.24) is 5.32 Å². The maximum absolute atomic E-state index is 10.9.